The summed E-state index contributed by atoms with van der Waals surface area (Å²) >= 11 is 0. The van der Waals surface area contributed by atoms with Crippen LogP contribution >= 0.6 is 0 Å². The molecule has 0 saturated heterocycles. The molecule has 0 spiro atoms. The maximum absolute atomic E-state index is 10.9. The zero-order chi connectivity index (χ0) is 13.4. The highest BCUT2D eigenvalue weighted by molar-refractivity contribution is 5.76. The monoisotopic (exact) mass is 253 g/mol. The van der Waals surface area contributed by atoms with Crippen molar-refractivity contribution >= 4 is 6.29 Å². The summed E-state index contributed by atoms with van der Waals surface area (Å²) in [5.41, 5.74) is 1.07. The fourth-order valence-electron chi connectivity index (χ4n) is 1.44. The van der Waals surface area contributed by atoms with Crippen LogP contribution in [0, 0.1) is 6.92 Å². The molecule has 5 heteroatoms. The second-order valence-electron chi connectivity index (χ2n) is 3.61. The van der Waals surface area contributed by atoms with Crippen molar-refractivity contribution in [1.29, 1.82) is 0 Å². The minimum Gasteiger partial charge on any atom is -0.486 e. The van der Waals surface area contributed by atoms with Crippen LogP contribution in [0.4, 0.5) is 0 Å². The number of hydrogen-bond acceptors (Lipinski definition) is 5. The van der Waals surface area contributed by atoms with Gasteiger partial charge in [0.15, 0.2) is 12.6 Å². The quantitative estimate of drug-likeness (QED) is 0.523. The highest BCUT2D eigenvalue weighted by atomic mass is 16.7. The number of pyridine rings is 1. The van der Waals surface area contributed by atoms with Gasteiger partial charge in [-0.05, 0) is 32.9 Å². The maximum Gasteiger partial charge on any atom is 0.191 e. The highest BCUT2D eigenvalue weighted by Gasteiger charge is 2.11. The molecule has 0 N–H and O–H groups in total. The van der Waals surface area contributed by atoms with Gasteiger partial charge in [0.2, 0.25) is 0 Å². The van der Waals surface area contributed by atoms with Crippen molar-refractivity contribution in [3.8, 4) is 5.75 Å². The van der Waals surface area contributed by atoms with E-state index >= 15 is 0 Å². The van der Waals surface area contributed by atoms with Gasteiger partial charge in [-0.1, -0.05) is 0 Å². The molecule has 0 amide bonds. The van der Waals surface area contributed by atoms with Crippen LogP contribution < -0.4 is 4.74 Å². The van der Waals surface area contributed by atoms with E-state index in [1.165, 1.54) is 0 Å². The summed E-state index contributed by atoms with van der Waals surface area (Å²) in [6.45, 7) is 6.90. The molecule has 0 aliphatic carbocycles. The second-order valence-corrected chi connectivity index (χ2v) is 3.61. The van der Waals surface area contributed by atoms with Crippen LogP contribution in [-0.4, -0.2) is 37.4 Å². The summed E-state index contributed by atoms with van der Waals surface area (Å²) < 4.78 is 16.2. The molecule has 0 unspecified atom stereocenters. The number of hydrogen-bond donors (Lipinski definition) is 0. The average molecular weight is 253 g/mol. The van der Waals surface area contributed by atoms with Crippen LogP contribution in [0.2, 0.25) is 0 Å². The summed E-state index contributed by atoms with van der Waals surface area (Å²) in [7, 11) is 0. The molecule has 0 atom stereocenters. The molecule has 1 aromatic rings. The largest absolute Gasteiger partial charge is 0.486 e. The normalized spacial score (nSPS) is 10.7. The van der Waals surface area contributed by atoms with Crippen molar-refractivity contribution in [2.24, 2.45) is 0 Å². The number of nitrogens with zero attached hydrogens (tertiary/aromatic N) is 1. The number of aldehydes is 1. The molecule has 1 heterocycles. The van der Waals surface area contributed by atoms with Gasteiger partial charge in [0, 0.05) is 18.9 Å². The number of ether oxygens (including phenoxy) is 3. The van der Waals surface area contributed by atoms with Gasteiger partial charge in [0.1, 0.15) is 18.1 Å². The first-order valence-electron chi connectivity index (χ1n) is 6.00. The predicted molar refractivity (Wildman–Crippen MR) is 66.9 cm³/mol. The molecule has 0 aliphatic heterocycles. The number of aryl methyl sites for hydroxylation is 1. The Kier molecular flexibility index (Phi) is 6.32. The highest BCUT2D eigenvalue weighted by Crippen LogP contribution is 2.15. The molecule has 0 saturated carbocycles. The van der Waals surface area contributed by atoms with Crippen LogP contribution in [0.3, 0.4) is 0 Å². The molecular formula is C13H19NO4. The molecule has 0 fully saturated rings. The van der Waals surface area contributed by atoms with Crippen molar-refractivity contribution < 1.29 is 19.0 Å². The standard InChI is InChI=1S/C13H19NO4/c1-4-16-13(17-5-2)9-18-12-7-6-10(3)14-11(12)8-15/h6-8,13H,4-5,9H2,1-3H3. The Bertz CT molecular complexity index is 375. The third-order valence-corrected chi connectivity index (χ3v) is 2.22. The van der Waals surface area contributed by atoms with Gasteiger partial charge < -0.3 is 14.2 Å². The summed E-state index contributed by atoms with van der Waals surface area (Å²) in [6.07, 6.45) is 0.249. The molecule has 100 valence electrons. The Morgan fingerprint density at radius 1 is 1.28 bits per heavy atom. The van der Waals surface area contributed by atoms with Crippen LogP contribution in [-0.2, 0) is 9.47 Å². The molecule has 0 aromatic carbocycles. The fourth-order valence-corrected chi connectivity index (χ4v) is 1.44. The smallest absolute Gasteiger partial charge is 0.191 e. The van der Waals surface area contributed by atoms with Gasteiger partial charge in [-0.15, -0.1) is 0 Å². The van der Waals surface area contributed by atoms with Crippen LogP contribution in [0.1, 0.15) is 30.0 Å². The first-order valence-corrected chi connectivity index (χ1v) is 6.00. The molecule has 1 aromatic heterocycles. The third kappa shape index (κ3) is 4.43. The van der Waals surface area contributed by atoms with E-state index in [-0.39, 0.29) is 6.61 Å². The summed E-state index contributed by atoms with van der Waals surface area (Å²) in [4.78, 5) is 15.0. The lowest BCUT2D eigenvalue weighted by molar-refractivity contribution is -0.152. The SMILES string of the molecule is CCOC(COc1ccc(C)nc1C=O)OCC. The third-order valence-electron chi connectivity index (χ3n) is 2.22. The zero-order valence-corrected chi connectivity index (χ0v) is 11.0. The number of aromatic nitrogens is 1. The molecule has 1 rings (SSSR count). The number of carbonyl (C=O) groups is 1. The second kappa shape index (κ2) is 7.79. The van der Waals surface area contributed by atoms with E-state index in [1.807, 2.05) is 20.8 Å². The van der Waals surface area contributed by atoms with Gasteiger partial charge in [-0.3, -0.25) is 4.79 Å². The first kappa shape index (κ1) is 14.6. The minimum atomic E-state index is -0.430. The van der Waals surface area contributed by atoms with Gasteiger partial charge in [-0.25, -0.2) is 4.98 Å². The van der Waals surface area contributed by atoms with Gasteiger partial charge in [0.05, 0.1) is 0 Å². The molecule has 5 nitrogen and oxygen atoms in total. The minimum absolute atomic E-state index is 0.229. The lowest BCUT2D eigenvalue weighted by Crippen LogP contribution is -2.25. The topological polar surface area (TPSA) is 57.7 Å². The van der Waals surface area contributed by atoms with E-state index < -0.39 is 6.29 Å². The van der Waals surface area contributed by atoms with E-state index in [1.54, 1.807) is 12.1 Å². The Morgan fingerprint density at radius 2 is 1.94 bits per heavy atom. The molecular weight excluding hydrogens is 234 g/mol. The van der Waals surface area contributed by atoms with Gasteiger partial charge in [0.25, 0.3) is 0 Å². The van der Waals surface area contributed by atoms with Crippen molar-refractivity contribution in [3.05, 3.63) is 23.5 Å². The van der Waals surface area contributed by atoms with E-state index in [0.717, 1.165) is 5.69 Å². The zero-order valence-electron chi connectivity index (χ0n) is 11.0. The van der Waals surface area contributed by atoms with Crippen LogP contribution in [0.15, 0.2) is 12.1 Å². The van der Waals surface area contributed by atoms with Crippen LogP contribution in [0.5, 0.6) is 5.75 Å². The Morgan fingerprint density at radius 3 is 2.50 bits per heavy atom. The Balaban J connectivity index is 2.63. The first-order chi connectivity index (χ1) is 8.71. The predicted octanol–water partition coefficient (Wildman–Crippen LogP) is 1.98. The number of carbonyl (C=O) groups excluding carboxylic acids is 1. The Hall–Kier alpha value is -1.46. The maximum atomic E-state index is 10.9. The lowest BCUT2D eigenvalue weighted by Gasteiger charge is -2.17. The van der Waals surface area contributed by atoms with Gasteiger partial charge in [-0.2, -0.15) is 0 Å². The van der Waals surface area contributed by atoms with E-state index in [4.69, 9.17) is 14.2 Å². The van der Waals surface area contributed by atoms with Crippen molar-refractivity contribution in [3.63, 3.8) is 0 Å². The lowest BCUT2D eigenvalue weighted by atomic mass is 10.3. The fraction of sp³-hybridized carbons (Fsp3) is 0.538. The van der Waals surface area contributed by atoms with Crippen LogP contribution in [0.25, 0.3) is 0 Å². The van der Waals surface area contributed by atoms with Gasteiger partial charge >= 0.3 is 0 Å². The summed E-state index contributed by atoms with van der Waals surface area (Å²) in [6, 6.07) is 3.51. The Labute approximate surface area is 107 Å². The average Bonchev–Trinajstić information content (AvgIpc) is 2.37. The van der Waals surface area contributed by atoms with Crippen molar-refractivity contribution in [2.45, 2.75) is 27.1 Å². The molecule has 0 bridgehead atoms. The van der Waals surface area contributed by atoms with Crippen molar-refractivity contribution in [2.75, 3.05) is 19.8 Å². The molecule has 18 heavy (non-hydrogen) atoms. The van der Waals surface area contributed by atoms with Crippen molar-refractivity contribution in [1.82, 2.24) is 4.98 Å². The molecule has 0 aliphatic rings. The number of rotatable bonds is 8. The van der Waals surface area contributed by atoms with E-state index in [9.17, 15) is 4.79 Å². The molecule has 0 radical (unpaired) electrons. The van der Waals surface area contributed by atoms with E-state index in [2.05, 4.69) is 4.98 Å². The summed E-state index contributed by atoms with van der Waals surface area (Å²) in [5.74, 6) is 0.444. The van der Waals surface area contributed by atoms with E-state index in [0.29, 0.717) is 30.9 Å². The summed E-state index contributed by atoms with van der Waals surface area (Å²) in [5, 5.41) is 0.